The van der Waals surface area contributed by atoms with Gasteiger partial charge in [0.25, 0.3) is 0 Å². The monoisotopic (exact) mass is 319 g/mol. The second-order valence-electron chi connectivity index (χ2n) is 4.39. The Hall–Kier alpha value is -2.67. The molecule has 2 N–H and O–H groups in total. The molecule has 0 aliphatic heterocycles. The van der Waals surface area contributed by atoms with Crippen molar-refractivity contribution >= 4 is 17.5 Å². The third-order valence-corrected chi connectivity index (χ3v) is 3.05. The normalized spacial score (nSPS) is 10.7. The van der Waals surface area contributed by atoms with Crippen LogP contribution >= 0.6 is 11.6 Å². The molecule has 0 unspecified atom stereocenters. The van der Waals surface area contributed by atoms with Gasteiger partial charge < -0.3 is 5.73 Å². The Morgan fingerprint density at radius 2 is 1.64 bits per heavy atom. The fourth-order valence-electron chi connectivity index (χ4n) is 1.97. The molecule has 0 atom stereocenters. The van der Waals surface area contributed by atoms with E-state index in [1.54, 1.807) is 12.1 Å². The molecule has 22 heavy (non-hydrogen) atoms. The summed E-state index contributed by atoms with van der Waals surface area (Å²) in [5.74, 6) is -1.57. The largest absolute Gasteiger partial charge is 0.366 e. The first-order valence-corrected chi connectivity index (χ1v) is 6.49. The quantitative estimate of drug-likeness (QED) is 0.734. The lowest BCUT2D eigenvalue weighted by atomic mass is 10.1. The van der Waals surface area contributed by atoms with Crippen LogP contribution in [0.4, 0.5) is 14.7 Å². The highest BCUT2D eigenvalue weighted by Crippen LogP contribution is 2.30. The smallest absolute Gasteiger partial charge is 0.240 e. The predicted octanol–water partition coefficient (Wildman–Crippen LogP) is 3.11. The van der Waals surface area contributed by atoms with Crippen molar-refractivity contribution in [1.29, 1.82) is 0 Å². The molecule has 0 amide bonds. The minimum atomic E-state index is -0.731. The standard InChI is InChI=1S/C14H8ClF2N5/c15-11-5-7(1-2-19-11)13-12(20-14(18)22-21-13)8-3-9(16)6-10(17)4-8/h1-6H,(H2,18,20,22). The fraction of sp³-hybridized carbons (Fsp3) is 0. The first-order valence-electron chi connectivity index (χ1n) is 6.11. The van der Waals surface area contributed by atoms with Crippen molar-refractivity contribution < 1.29 is 8.78 Å². The Balaban J connectivity index is 2.24. The third kappa shape index (κ3) is 2.84. The van der Waals surface area contributed by atoms with Gasteiger partial charge in [0.1, 0.15) is 28.2 Å². The molecule has 0 fully saturated rings. The van der Waals surface area contributed by atoms with E-state index in [2.05, 4.69) is 20.2 Å². The molecule has 0 saturated heterocycles. The summed E-state index contributed by atoms with van der Waals surface area (Å²) in [6.45, 7) is 0. The number of nitrogens with two attached hydrogens (primary N) is 1. The number of nitrogens with zero attached hydrogens (tertiary/aromatic N) is 4. The Morgan fingerprint density at radius 3 is 2.32 bits per heavy atom. The first kappa shape index (κ1) is 14.3. The third-order valence-electron chi connectivity index (χ3n) is 2.84. The summed E-state index contributed by atoms with van der Waals surface area (Å²) in [6.07, 6.45) is 1.48. The number of aromatic nitrogens is 4. The summed E-state index contributed by atoms with van der Waals surface area (Å²) in [4.78, 5) is 7.90. The molecule has 3 rings (SSSR count). The Kier molecular flexibility index (Phi) is 3.64. The van der Waals surface area contributed by atoms with Gasteiger partial charge in [0.05, 0.1) is 0 Å². The van der Waals surface area contributed by atoms with E-state index in [4.69, 9.17) is 17.3 Å². The molecule has 0 spiro atoms. The Labute approximate surface area is 128 Å². The van der Waals surface area contributed by atoms with Crippen LogP contribution in [0.3, 0.4) is 0 Å². The second kappa shape index (κ2) is 5.61. The summed E-state index contributed by atoms with van der Waals surface area (Å²) < 4.78 is 26.9. The molecule has 2 aromatic heterocycles. The van der Waals surface area contributed by atoms with E-state index in [9.17, 15) is 8.78 Å². The molecule has 0 radical (unpaired) electrons. The molecule has 110 valence electrons. The number of halogens is 3. The average molecular weight is 320 g/mol. The van der Waals surface area contributed by atoms with Gasteiger partial charge in [0.15, 0.2) is 0 Å². The van der Waals surface area contributed by atoms with Crippen LogP contribution in [-0.4, -0.2) is 20.2 Å². The Morgan fingerprint density at radius 1 is 0.909 bits per heavy atom. The van der Waals surface area contributed by atoms with E-state index < -0.39 is 11.6 Å². The number of benzene rings is 1. The lowest BCUT2D eigenvalue weighted by Crippen LogP contribution is -2.03. The number of pyridine rings is 1. The molecule has 0 bridgehead atoms. The van der Waals surface area contributed by atoms with Crippen LogP contribution in [0.2, 0.25) is 5.15 Å². The van der Waals surface area contributed by atoms with E-state index in [1.165, 1.54) is 6.20 Å². The van der Waals surface area contributed by atoms with Gasteiger partial charge in [-0.25, -0.2) is 18.7 Å². The summed E-state index contributed by atoms with van der Waals surface area (Å²) in [7, 11) is 0. The lowest BCUT2D eigenvalue weighted by Gasteiger charge is -2.08. The molecule has 0 aliphatic carbocycles. The number of nitrogen functional groups attached to an aromatic ring is 1. The molecular weight excluding hydrogens is 312 g/mol. The zero-order valence-corrected chi connectivity index (χ0v) is 11.7. The van der Waals surface area contributed by atoms with Crippen LogP contribution in [-0.2, 0) is 0 Å². The second-order valence-corrected chi connectivity index (χ2v) is 4.78. The maximum absolute atomic E-state index is 13.4. The highest BCUT2D eigenvalue weighted by molar-refractivity contribution is 6.29. The van der Waals surface area contributed by atoms with Gasteiger partial charge in [-0.3, -0.25) is 0 Å². The van der Waals surface area contributed by atoms with Crippen LogP contribution in [0.25, 0.3) is 22.5 Å². The van der Waals surface area contributed by atoms with Gasteiger partial charge >= 0.3 is 0 Å². The predicted molar refractivity (Wildman–Crippen MR) is 77.8 cm³/mol. The lowest BCUT2D eigenvalue weighted by molar-refractivity contribution is 0.584. The van der Waals surface area contributed by atoms with E-state index in [0.29, 0.717) is 11.3 Å². The summed E-state index contributed by atoms with van der Waals surface area (Å²) in [5.41, 5.74) is 6.79. The van der Waals surface area contributed by atoms with Crippen LogP contribution in [0.1, 0.15) is 0 Å². The topological polar surface area (TPSA) is 77.6 Å². The highest BCUT2D eigenvalue weighted by atomic mass is 35.5. The highest BCUT2D eigenvalue weighted by Gasteiger charge is 2.15. The number of rotatable bonds is 2. The van der Waals surface area contributed by atoms with Crippen molar-refractivity contribution in [3.8, 4) is 22.5 Å². The van der Waals surface area contributed by atoms with Gasteiger partial charge in [-0.1, -0.05) is 11.6 Å². The molecular formula is C14H8ClF2N5. The van der Waals surface area contributed by atoms with Crippen molar-refractivity contribution in [1.82, 2.24) is 20.2 Å². The van der Waals surface area contributed by atoms with E-state index >= 15 is 0 Å². The SMILES string of the molecule is Nc1nnc(-c2ccnc(Cl)c2)c(-c2cc(F)cc(F)c2)n1. The van der Waals surface area contributed by atoms with Gasteiger partial charge in [0, 0.05) is 23.4 Å². The van der Waals surface area contributed by atoms with Crippen molar-refractivity contribution in [2.45, 2.75) is 0 Å². The maximum atomic E-state index is 13.4. The molecule has 3 aromatic rings. The van der Waals surface area contributed by atoms with E-state index in [-0.39, 0.29) is 22.4 Å². The van der Waals surface area contributed by atoms with Crippen molar-refractivity contribution in [2.24, 2.45) is 0 Å². The Bertz CT molecular complexity index is 836. The number of hydrogen-bond acceptors (Lipinski definition) is 5. The molecule has 2 heterocycles. The van der Waals surface area contributed by atoms with Crippen LogP contribution in [0, 0.1) is 11.6 Å². The van der Waals surface area contributed by atoms with Crippen molar-refractivity contribution in [3.05, 3.63) is 53.3 Å². The fourth-order valence-corrected chi connectivity index (χ4v) is 2.15. The molecule has 8 heteroatoms. The number of hydrogen-bond donors (Lipinski definition) is 1. The zero-order valence-electron chi connectivity index (χ0n) is 11.0. The summed E-state index contributed by atoms with van der Waals surface area (Å²) >= 11 is 5.85. The van der Waals surface area contributed by atoms with E-state index in [0.717, 1.165) is 18.2 Å². The zero-order chi connectivity index (χ0) is 15.7. The van der Waals surface area contributed by atoms with E-state index in [1.807, 2.05) is 0 Å². The maximum Gasteiger partial charge on any atom is 0.240 e. The average Bonchev–Trinajstić information content (AvgIpc) is 2.46. The van der Waals surface area contributed by atoms with Gasteiger partial charge in [-0.15, -0.1) is 10.2 Å². The summed E-state index contributed by atoms with van der Waals surface area (Å²) in [5, 5.41) is 7.88. The molecule has 0 saturated carbocycles. The van der Waals surface area contributed by atoms with Crippen LogP contribution in [0.5, 0.6) is 0 Å². The van der Waals surface area contributed by atoms with Gasteiger partial charge in [-0.05, 0) is 24.3 Å². The molecule has 0 aliphatic rings. The molecule has 1 aromatic carbocycles. The van der Waals surface area contributed by atoms with Gasteiger partial charge in [-0.2, -0.15) is 0 Å². The first-order chi connectivity index (χ1) is 10.5. The van der Waals surface area contributed by atoms with Crippen molar-refractivity contribution in [2.75, 3.05) is 5.73 Å². The van der Waals surface area contributed by atoms with Crippen LogP contribution < -0.4 is 5.73 Å². The minimum Gasteiger partial charge on any atom is -0.366 e. The number of anilines is 1. The van der Waals surface area contributed by atoms with Crippen molar-refractivity contribution in [3.63, 3.8) is 0 Å². The van der Waals surface area contributed by atoms with Crippen LogP contribution in [0.15, 0.2) is 36.5 Å². The van der Waals surface area contributed by atoms with Gasteiger partial charge in [0.2, 0.25) is 5.95 Å². The summed E-state index contributed by atoms with van der Waals surface area (Å²) in [6, 6.07) is 6.22. The molecule has 5 nitrogen and oxygen atoms in total. The minimum absolute atomic E-state index is 0.108.